The molecule has 0 aliphatic heterocycles. The molecule has 0 bridgehead atoms. The van der Waals surface area contributed by atoms with E-state index in [1.807, 2.05) is 0 Å². The summed E-state index contributed by atoms with van der Waals surface area (Å²) in [5.41, 5.74) is 4.01. The average Bonchev–Trinajstić information content (AvgIpc) is 2.54. The molecule has 0 saturated carbocycles. The standard InChI is InChI=1S/C19H25NO/c1-2-20-15-18-12-6-7-13-19(18)16-21-14-8-11-17-9-4-3-5-10-17/h3-7,9-10,12-13,20H,2,8,11,14-16H2,1H3. The largest absolute Gasteiger partial charge is 0.377 e. The molecule has 1 N–H and O–H groups in total. The highest BCUT2D eigenvalue weighted by atomic mass is 16.5. The smallest absolute Gasteiger partial charge is 0.0720 e. The fraction of sp³-hybridized carbons (Fsp3) is 0.368. The van der Waals surface area contributed by atoms with Crippen LogP contribution in [-0.2, 0) is 24.3 Å². The molecule has 0 atom stereocenters. The quantitative estimate of drug-likeness (QED) is 0.704. The first-order valence-electron chi connectivity index (χ1n) is 7.79. The minimum atomic E-state index is 0.705. The third-order valence-electron chi connectivity index (χ3n) is 3.54. The summed E-state index contributed by atoms with van der Waals surface area (Å²) >= 11 is 0. The summed E-state index contributed by atoms with van der Waals surface area (Å²) in [5.74, 6) is 0. The topological polar surface area (TPSA) is 21.3 Å². The van der Waals surface area contributed by atoms with Crippen LogP contribution in [0.3, 0.4) is 0 Å². The molecule has 2 nitrogen and oxygen atoms in total. The van der Waals surface area contributed by atoms with Crippen molar-refractivity contribution in [3.8, 4) is 0 Å². The molecule has 0 fully saturated rings. The lowest BCUT2D eigenvalue weighted by Gasteiger charge is -2.10. The summed E-state index contributed by atoms with van der Waals surface area (Å²) in [4.78, 5) is 0. The number of aryl methyl sites for hydroxylation is 1. The predicted octanol–water partition coefficient (Wildman–Crippen LogP) is 3.95. The Balaban J connectivity index is 1.71. The van der Waals surface area contributed by atoms with Crippen molar-refractivity contribution in [3.63, 3.8) is 0 Å². The first kappa shape index (κ1) is 15.7. The van der Waals surface area contributed by atoms with Gasteiger partial charge >= 0.3 is 0 Å². The van der Waals surface area contributed by atoms with Crippen molar-refractivity contribution < 1.29 is 4.74 Å². The molecule has 0 spiro atoms. The van der Waals surface area contributed by atoms with E-state index in [1.54, 1.807) is 0 Å². The zero-order chi connectivity index (χ0) is 14.8. The summed E-state index contributed by atoms with van der Waals surface area (Å²) in [5, 5.41) is 3.37. The second-order valence-electron chi connectivity index (χ2n) is 5.19. The number of benzene rings is 2. The van der Waals surface area contributed by atoms with E-state index < -0.39 is 0 Å². The lowest BCUT2D eigenvalue weighted by molar-refractivity contribution is 0.118. The molecule has 0 aliphatic carbocycles. The van der Waals surface area contributed by atoms with Gasteiger partial charge in [0.05, 0.1) is 6.61 Å². The third-order valence-corrected chi connectivity index (χ3v) is 3.54. The normalized spacial score (nSPS) is 10.7. The second kappa shape index (κ2) is 9.32. The minimum Gasteiger partial charge on any atom is -0.377 e. The monoisotopic (exact) mass is 283 g/mol. The molecule has 2 aromatic rings. The molecule has 0 unspecified atom stereocenters. The van der Waals surface area contributed by atoms with Crippen LogP contribution in [0.1, 0.15) is 30.0 Å². The number of ether oxygens (including phenoxy) is 1. The van der Waals surface area contributed by atoms with Gasteiger partial charge in [0, 0.05) is 13.2 Å². The molecular weight excluding hydrogens is 258 g/mol. The predicted molar refractivity (Wildman–Crippen MR) is 88.2 cm³/mol. The summed E-state index contributed by atoms with van der Waals surface area (Å²) in [6.07, 6.45) is 2.15. The van der Waals surface area contributed by atoms with Gasteiger partial charge in [-0.25, -0.2) is 0 Å². The highest BCUT2D eigenvalue weighted by Gasteiger charge is 2.01. The van der Waals surface area contributed by atoms with E-state index in [4.69, 9.17) is 4.74 Å². The minimum absolute atomic E-state index is 0.705. The maximum Gasteiger partial charge on any atom is 0.0720 e. The van der Waals surface area contributed by atoms with Crippen LogP contribution < -0.4 is 5.32 Å². The van der Waals surface area contributed by atoms with Gasteiger partial charge in [-0.2, -0.15) is 0 Å². The first-order chi connectivity index (χ1) is 10.4. The van der Waals surface area contributed by atoms with E-state index in [0.717, 1.165) is 32.5 Å². The lowest BCUT2D eigenvalue weighted by atomic mass is 10.1. The van der Waals surface area contributed by atoms with Gasteiger partial charge < -0.3 is 10.1 Å². The maximum atomic E-state index is 5.83. The molecule has 2 aromatic carbocycles. The Morgan fingerprint density at radius 1 is 0.905 bits per heavy atom. The van der Waals surface area contributed by atoms with Gasteiger partial charge in [-0.05, 0) is 36.1 Å². The fourth-order valence-electron chi connectivity index (χ4n) is 2.34. The third kappa shape index (κ3) is 5.70. The summed E-state index contributed by atoms with van der Waals surface area (Å²) in [7, 11) is 0. The van der Waals surface area contributed by atoms with Crippen LogP contribution >= 0.6 is 0 Å². The van der Waals surface area contributed by atoms with E-state index in [0.29, 0.717) is 6.61 Å². The highest BCUT2D eigenvalue weighted by Crippen LogP contribution is 2.10. The van der Waals surface area contributed by atoms with Crippen molar-refractivity contribution in [3.05, 3.63) is 71.3 Å². The van der Waals surface area contributed by atoms with Crippen molar-refractivity contribution in [2.45, 2.75) is 32.9 Å². The van der Waals surface area contributed by atoms with Crippen molar-refractivity contribution in [2.75, 3.05) is 13.2 Å². The number of hydrogen-bond donors (Lipinski definition) is 1. The Morgan fingerprint density at radius 3 is 2.38 bits per heavy atom. The first-order valence-corrected chi connectivity index (χ1v) is 7.79. The van der Waals surface area contributed by atoms with Crippen LogP contribution in [0.4, 0.5) is 0 Å². The zero-order valence-corrected chi connectivity index (χ0v) is 12.8. The summed E-state index contributed by atoms with van der Waals surface area (Å²) in [6, 6.07) is 19.1. The van der Waals surface area contributed by atoms with Crippen molar-refractivity contribution in [1.82, 2.24) is 5.32 Å². The van der Waals surface area contributed by atoms with Crippen molar-refractivity contribution in [2.24, 2.45) is 0 Å². The Hall–Kier alpha value is -1.64. The summed E-state index contributed by atoms with van der Waals surface area (Å²) < 4.78 is 5.83. The molecule has 0 heterocycles. The van der Waals surface area contributed by atoms with Gasteiger partial charge in [-0.1, -0.05) is 61.5 Å². The molecule has 0 aliphatic rings. The van der Waals surface area contributed by atoms with Gasteiger partial charge in [0.2, 0.25) is 0 Å². The SMILES string of the molecule is CCNCc1ccccc1COCCCc1ccccc1. The van der Waals surface area contributed by atoms with Crippen LogP contribution in [0.25, 0.3) is 0 Å². The van der Waals surface area contributed by atoms with E-state index in [-0.39, 0.29) is 0 Å². The molecule has 0 radical (unpaired) electrons. The van der Waals surface area contributed by atoms with Gasteiger partial charge in [0.1, 0.15) is 0 Å². The molecule has 112 valence electrons. The second-order valence-corrected chi connectivity index (χ2v) is 5.19. The van der Waals surface area contributed by atoms with Gasteiger partial charge in [-0.3, -0.25) is 0 Å². The van der Waals surface area contributed by atoms with Crippen molar-refractivity contribution >= 4 is 0 Å². The number of rotatable bonds is 9. The maximum absolute atomic E-state index is 5.83. The molecule has 2 rings (SSSR count). The van der Waals surface area contributed by atoms with E-state index >= 15 is 0 Å². The van der Waals surface area contributed by atoms with Crippen LogP contribution in [0.2, 0.25) is 0 Å². The van der Waals surface area contributed by atoms with Crippen LogP contribution in [0, 0.1) is 0 Å². The Labute approximate surface area is 128 Å². The zero-order valence-electron chi connectivity index (χ0n) is 12.8. The van der Waals surface area contributed by atoms with Crippen LogP contribution in [0.15, 0.2) is 54.6 Å². The van der Waals surface area contributed by atoms with Crippen molar-refractivity contribution in [1.29, 1.82) is 0 Å². The molecule has 0 aromatic heterocycles. The Kier molecular flexibility index (Phi) is 6.99. The number of nitrogens with one attached hydrogen (secondary N) is 1. The Morgan fingerprint density at radius 2 is 1.62 bits per heavy atom. The molecule has 2 heteroatoms. The molecule has 0 saturated heterocycles. The molecule has 21 heavy (non-hydrogen) atoms. The van der Waals surface area contributed by atoms with E-state index in [2.05, 4.69) is 66.8 Å². The van der Waals surface area contributed by atoms with Gasteiger partial charge in [0.25, 0.3) is 0 Å². The lowest BCUT2D eigenvalue weighted by Crippen LogP contribution is -2.13. The van der Waals surface area contributed by atoms with E-state index in [9.17, 15) is 0 Å². The van der Waals surface area contributed by atoms with Gasteiger partial charge in [-0.15, -0.1) is 0 Å². The highest BCUT2D eigenvalue weighted by molar-refractivity contribution is 5.26. The fourth-order valence-corrected chi connectivity index (χ4v) is 2.34. The summed E-state index contributed by atoms with van der Waals surface area (Å²) in [6.45, 7) is 5.55. The molecule has 0 amide bonds. The average molecular weight is 283 g/mol. The van der Waals surface area contributed by atoms with E-state index in [1.165, 1.54) is 16.7 Å². The van der Waals surface area contributed by atoms with Gasteiger partial charge in [0.15, 0.2) is 0 Å². The molecular formula is C19H25NO. The number of hydrogen-bond acceptors (Lipinski definition) is 2. The van der Waals surface area contributed by atoms with Crippen LogP contribution in [0.5, 0.6) is 0 Å². The van der Waals surface area contributed by atoms with Crippen LogP contribution in [-0.4, -0.2) is 13.2 Å². The Bertz CT molecular complexity index is 510.